The highest BCUT2D eigenvalue weighted by Crippen LogP contribution is 2.18. The Kier molecular flexibility index (Phi) is 7.33. The molecule has 1 heterocycles. The number of aromatic nitrogens is 3. The van der Waals surface area contributed by atoms with Crippen LogP contribution in [-0.4, -0.2) is 39.9 Å². The predicted octanol–water partition coefficient (Wildman–Crippen LogP) is 3.24. The average Bonchev–Trinajstić information content (AvgIpc) is 2.93. The van der Waals surface area contributed by atoms with Crippen molar-refractivity contribution in [1.29, 1.82) is 0 Å². The highest BCUT2D eigenvalue weighted by molar-refractivity contribution is 7.71. The predicted molar refractivity (Wildman–Crippen MR) is 101 cm³/mol. The normalized spacial score (nSPS) is 11.0. The van der Waals surface area contributed by atoms with E-state index in [4.69, 9.17) is 17.0 Å². The summed E-state index contributed by atoms with van der Waals surface area (Å²) in [6.07, 6.45) is 1.39. The Hall–Kier alpha value is -1.99. The molecule has 0 unspecified atom stereocenters. The van der Waals surface area contributed by atoms with Gasteiger partial charge in [-0.25, -0.2) is 0 Å². The first-order valence-electron chi connectivity index (χ1n) is 8.58. The second-order valence-electron chi connectivity index (χ2n) is 6.25. The fraction of sp³-hybridized carbons (Fsp3) is 0.500. The van der Waals surface area contributed by atoms with E-state index in [2.05, 4.69) is 21.6 Å². The van der Waals surface area contributed by atoms with Crippen molar-refractivity contribution in [2.75, 3.05) is 13.2 Å². The standard InChI is InChI=1S/C18H26N4O2S/c1-13(2)24-11-5-9-19-16(23)8-10-22-17(20-21-18(22)25)15-7-4-6-14(3)12-15/h4,6-7,12-13H,5,8-11H2,1-3H3,(H,19,23)(H,21,25). The fourth-order valence-corrected chi connectivity index (χ4v) is 2.67. The number of aromatic amines is 1. The Morgan fingerprint density at radius 3 is 2.96 bits per heavy atom. The average molecular weight is 362 g/mol. The summed E-state index contributed by atoms with van der Waals surface area (Å²) in [5, 5.41) is 10.0. The monoisotopic (exact) mass is 362 g/mol. The summed E-state index contributed by atoms with van der Waals surface area (Å²) in [5.41, 5.74) is 2.14. The third-order valence-electron chi connectivity index (χ3n) is 3.69. The van der Waals surface area contributed by atoms with Gasteiger partial charge in [0, 0.05) is 31.7 Å². The SMILES string of the molecule is Cc1cccc(-c2n[nH]c(=S)n2CCC(=O)NCCCOC(C)C)c1. The van der Waals surface area contributed by atoms with E-state index < -0.39 is 0 Å². The second-order valence-corrected chi connectivity index (χ2v) is 6.63. The van der Waals surface area contributed by atoms with Crippen LogP contribution in [-0.2, 0) is 16.1 Å². The van der Waals surface area contributed by atoms with Crippen LogP contribution in [0, 0.1) is 11.7 Å². The molecule has 0 atom stereocenters. The van der Waals surface area contributed by atoms with E-state index in [1.165, 1.54) is 0 Å². The van der Waals surface area contributed by atoms with Crippen LogP contribution in [0.15, 0.2) is 24.3 Å². The van der Waals surface area contributed by atoms with Gasteiger partial charge in [0.1, 0.15) is 0 Å². The lowest BCUT2D eigenvalue weighted by Crippen LogP contribution is -2.26. The van der Waals surface area contributed by atoms with E-state index in [1.807, 2.05) is 43.5 Å². The number of ether oxygens (including phenoxy) is 1. The third kappa shape index (κ3) is 6.10. The molecule has 0 aliphatic carbocycles. The van der Waals surface area contributed by atoms with E-state index in [0.29, 0.717) is 30.9 Å². The van der Waals surface area contributed by atoms with Gasteiger partial charge >= 0.3 is 0 Å². The minimum atomic E-state index is 0.00263. The van der Waals surface area contributed by atoms with Gasteiger partial charge < -0.3 is 10.1 Å². The quantitative estimate of drug-likeness (QED) is 0.531. The van der Waals surface area contributed by atoms with E-state index in [0.717, 1.165) is 23.4 Å². The van der Waals surface area contributed by atoms with Gasteiger partial charge in [-0.15, -0.1) is 0 Å². The van der Waals surface area contributed by atoms with Crippen molar-refractivity contribution in [1.82, 2.24) is 20.1 Å². The van der Waals surface area contributed by atoms with Crippen molar-refractivity contribution in [3.8, 4) is 11.4 Å². The van der Waals surface area contributed by atoms with Crippen LogP contribution in [0.25, 0.3) is 11.4 Å². The van der Waals surface area contributed by atoms with Gasteiger partial charge in [-0.05, 0) is 45.5 Å². The van der Waals surface area contributed by atoms with Crippen LogP contribution >= 0.6 is 12.2 Å². The molecule has 0 saturated carbocycles. The van der Waals surface area contributed by atoms with Crippen molar-refractivity contribution in [2.45, 2.75) is 46.3 Å². The molecule has 25 heavy (non-hydrogen) atoms. The van der Waals surface area contributed by atoms with Gasteiger partial charge in [-0.1, -0.05) is 23.8 Å². The van der Waals surface area contributed by atoms with E-state index in [-0.39, 0.29) is 12.0 Å². The topological polar surface area (TPSA) is 71.9 Å². The Morgan fingerprint density at radius 2 is 2.24 bits per heavy atom. The maximum absolute atomic E-state index is 12.0. The van der Waals surface area contributed by atoms with Gasteiger partial charge in [0.15, 0.2) is 10.6 Å². The summed E-state index contributed by atoms with van der Waals surface area (Å²) in [6.45, 7) is 7.80. The third-order valence-corrected chi connectivity index (χ3v) is 4.00. The van der Waals surface area contributed by atoms with Crippen LogP contribution in [0.4, 0.5) is 0 Å². The molecule has 136 valence electrons. The molecule has 2 rings (SSSR count). The first kappa shape index (κ1) is 19.3. The first-order valence-corrected chi connectivity index (χ1v) is 8.98. The number of H-pyrrole nitrogens is 1. The second kappa shape index (κ2) is 9.48. The van der Waals surface area contributed by atoms with E-state index in [1.54, 1.807) is 0 Å². The maximum atomic E-state index is 12.0. The Morgan fingerprint density at radius 1 is 1.44 bits per heavy atom. The number of hydrogen-bond donors (Lipinski definition) is 2. The van der Waals surface area contributed by atoms with Crippen molar-refractivity contribution in [3.05, 3.63) is 34.6 Å². The number of carbonyl (C=O) groups excluding carboxylic acids is 1. The number of rotatable bonds is 9. The molecule has 0 fully saturated rings. The highest BCUT2D eigenvalue weighted by atomic mass is 32.1. The van der Waals surface area contributed by atoms with Gasteiger partial charge in [0.05, 0.1) is 6.10 Å². The Labute approximate surface area is 153 Å². The minimum absolute atomic E-state index is 0.00263. The molecule has 0 radical (unpaired) electrons. The summed E-state index contributed by atoms with van der Waals surface area (Å²) in [5.74, 6) is 0.759. The lowest BCUT2D eigenvalue weighted by atomic mass is 10.1. The molecule has 1 aromatic carbocycles. The van der Waals surface area contributed by atoms with Gasteiger partial charge in [-0.2, -0.15) is 5.10 Å². The molecule has 0 aliphatic rings. The summed E-state index contributed by atoms with van der Waals surface area (Å²) in [6, 6.07) is 8.06. The zero-order valence-electron chi connectivity index (χ0n) is 15.0. The number of aryl methyl sites for hydroxylation is 1. The van der Waals surface area contributed by atoms with Gasteiger partial charge in [-0.3, -0.25) is 14.5 Å². The number of nitrogens with zero attached hydrogens (tertiary/aromatic N) is 2. The van der Waals surface area contributed by atoms with Crippen LogP contribution in [0.1, 0.15) is 32.3 Å². The van der Waals surface area contributed by atoms with Crippen molar-refractivity contribution in [3.63, 3.8) is 0 Å². The molecule has 0 bridgehead atoms. The smallest absolute Gasteiger partial charge is 0.221 e. The highest BCUT2D eigenvalue weighted by Gasteiger charge is 2.10. The molecule has 2 aromatic rings. The zero-order valence-corrected chi connectivity index (χ0v) is 15.9. The van der Waals surface area contributed by atoms with E-state index in [9.17, 15) is 4.79 Å². The molecule has 2 N–H and O–H groups in total. The Bertz CT molecular complexity index is 752. The zero-order chi connectivity index (χ0) is 18.2. The molecular weight excluding hydrogens is 336 g/mol. The van der Waals surface area contributed by atoms with Crippen LogP contribution < -0.4 is 5.32 Å². The van der Waals surface area contributed by atoms with E-state index >= 15 is 0 Å². The lowest BCUT2D eigenvalue weighted by molar-refractivity contribution is -0.121. The summed E-state index contributed by atoms with van der Waals surface area (Å²) < 4.78 is 7.84. The van der Waals surface area contributed by atoms with Crippen LogP contribution in [0.5, 0.6) is 0 Å². The number of amides is 1. The largest absolute Gasteiger partial charge is 0.379 e. The van der Waals surface area contributed by atoms with Crippen LogP contribution in [0.3, 0.4) is 0 Å². The van der Waals surface area contributed by atoms with Crippen molar-refractivity contribution >= 4 is 18.1 Å². The number of carbonyl (C=O) groups is 1. The number of nitrogens with one attached hydrogen (secondary N) is 2. The number of benzene rings is 1. The summed E-state index contributed by atoms with van der Waals surface area (Å²) in [4.78, 5) is 12.0. The van der Waals surface area contributed by atoms with Gasteiger partial charge in [0.2, 0.25) is 5.91 Å². The molecular formula is C18H26N4O2S. The maximum Gasteiger partial charge on any atom is 0.221 e. The molecule has 7 heteroatoms. The van der Waals surface area contributed by atoms with Crippen LogP contribution in [0.2, 0.25) is 0 Å². The molecule has 1 aromatic heterocycles. The number of hydrogen-bond acceptors (Lipinski definition) is 4. The summed E-state index contributed by atoms with van der Waals surface area (Å²) >= 11 is 5.30. The molecule has 1 amide bonds. The lowest BCUT2D eigenvalue weighted by Gasteiger charge is -2.09. The van der Waals surface area contributed by atoms with Crippen molar-refractivity contribution in [2.24, 2.45) is 0 Å². The molecule has 6 nitrogen and oxygen atoms in total. The molecule has 0 aliphatic heterocycles. The fourth-order valence-electron chi connectivity index (χ4n) is 2.45. The summed E-state index contributed by atoms with van der Waals surface area (Å²) in [7, 11) is 0. The van der Waals surface area contributed by atoms with Gasteiger partial charge in [0.25, 0.3) is 0 Å². The first-order chi connectivity index (χ1) is 12.0. The van der Waals surface area contributed by atoms with Crippen molar-refractivity contribution < 1.29 is 9.53 Å². The molecule has 0 spiro atoms. The Balaban J connectivity index is 1.88. The molecule has 0 saturated heterocycles. The minimum Gasteiger partial charge on any atom is -0.379 e.